The zero-order chi connectivity index (χ0) is 21.3. The molecule has 0 aliphatic carbocycles. The highest BCUT2D eigenvalue weighted by Crippen LogP contribution is 2.16. The van der Waals surface area contributed by atoms with Crippen molar-refractivity contribution < 1.29 is 19.2 Å². The van der Waals surface area contributed by atoms with Crippen molar-refractivity contribution in [2.75, 3.05) is 7.11 Å². The molecule has 0 bridgehead atoms. The van der Waals surface area contributed by atoms with E-state index in [1.54, 1.807) is 67.8 Å². The fourth-order valence-electron chi connectivity index (χ4n) is 2.50. The number of hydrazone groups is 1. The maximum atomic E-state index is 12.0. The van der Waals surface area contributed by atoms with Crippen molar-refractivity contribution in [2.45, 2.75) is 6.61 Å². The number of hydrogen-bond donors (Lipinski definition) is 1. The highest BCUT2D eigenvalue weighted by Gasteiger charge is 2.05. The molecule has 0 aromatic heterocycles. The van der Waals surface area contributed by atoms with Crippen LogP contribution < -0.4 is 14.9 Å². The third-order valence-corrected chi connectivity index (χ3v) is 4.16. The van der Waals surface area contributed by atoms with Crippen molar-refractivity contribution in [1.82, 2.24) is 5.43 Å². The van der Waals surface area contributed by atoms with Crippen LogP contribution >= 0.6 is 0 Å². The van der Waals surface area contributed by atoms with Crippen LogP contribution in [0.4, 0.5) is 5.69 Å². The summed E-state index contributed by atoms with van der Waals surface area (Å²) in [6.07, 6.45) is 1.53. The maximum Gasteiger partial charge on any atom is 0.271 e. The topological polar surface area (TPSA) is 103 Å². The highest BCUT2D eigenvalue weighted by molar-refractivity contribution is 5.95. The van der Waals surface area contributed by atoms with Crippen LogP contribution in [0.3, 0.4) is 0 Å². The molecule has 0 unspecified atom stereocenters. The second-order valence-corrected chi connectivity index (χ2v) is 6.21. The molecule has 0 fully saturated rings. The van der Waals surface area contributed by atoms with Crippen molar-refractivity contribution in [1.29, 1.82) is 0 Å². The molecule has 0 spiro atoms. The Hall–Kier alpha value is -4.20. The Morgan fingerprint density at radius 1 is 1.00 bits per heavy atom. The molecule has 0 aliphatic rings. The van der Waals surface area contributed by atoms with E-state index in [1.165, 1.54) is 18.3 Å². The van der Waals surface area contributed by atoms with Crippen LogP contribution in [-0.2, 0) is 6.61 Å². The van der Waals surface area contributed by atoms with Gasteiger partial charge >= 0.3 is 0 Å². The maximum absolute atomic E-state index is 12.0. The van der Waals surface area contributed by atoms with Gasteiger partial charge in [0.2, 0.25) is 0 Å². The molecule has 0 saturated heterocycles. The first kappa shape index (κ1) is 20.5. The van der Waals surface area contributed by atoms with Gasteiger partial charge in [0.25, 0.3) is 11.6 Å². The lowest BCUT2D eigenvalue weighted by atomic mass is 10.2. The number of nitro benzene ring substituents is 1. The molecular weight excluding hydrogens is 386 g/mol. The van der Waals surface area contributed by atoms with E-state index in [1.807, 2.05) is 0 Å². The molecular formula is C22H19N3O5. The molecule has 8 nitrogen and oxygen atoms in total. The zero-order valence-electron chi connectivity index (χ0n) is 16.1. The van der Waals surface area contributed by atoms with Crippen LogP contribution in [0.5, 0.6) is 11.5 Å². The van der Waals surface area contributed by atoms with Crippen LogP contribution in [0.15, 0.2) is 77.9 Å². The summed E-state index contributed by atoms with van der Waals surface area (Å²) in [5.41, 5.74) is 4.60. The number of non-ortho nitro benzene ring substituents is 1. The molecule has 0 aliphatic heterocycles. The number of nitrogens with one attached hydrogen (secondary N) is 1. The number of methoxy groups -OCH3 is 1. The Balaban J connectivity index is 1.49. The molecule has 30 heavy (non-hydrogen) atoms. The number of rotatable bonds is 8. The van der Waals surface area contributed by atoms with Crippen LogP contribution in [0.25, 0.3) is 0 Å². The van der Waals surface area contributed by atoms with Gasteiger partial charge in [-0.2, -0.15) is 5.10 Å². The molecule has 152 valence electrons. The number of benzene rings is 3. The van der Waals surface area contributed by atoms with Crippen molar-refractivity contribution in [2.24, 2.45) is 5.10 Å². The predicted molar refractivity (Wildman–Crippen MR) is 112 cm³/mol. The van der Waals surface area contributed by atoms with Crippen molar-refractivity contribution in [3.63, 3.8) is 0 Å². The van der Waals surface area contributed by atoms with Crippen molar-refractivity contribution in [3.8, 4) is 11.5 Å². The van der Waals surface area contributed by atoms with Gasteiger partial charge in [-0.25, -0.2) is 5.43 Å². The molecule has 3 aromatic carbocycles. The van der Waals surface area contributed by atoms with Gasteiger partial charge in [0, 0.05) is 17.7 Å². The van der Waals surface area contributed by atoms with E-state index in [2.05, 4.69) is 10.5 Å². The summed E-state index contributed by atoms with van der Waals surface area (Å²) >= 11 is 0. The zero-order valence-corrected chi connectivity index (χ0v) is 16.1. The highest BCUT2D eigenvalue weighted by atomic mass is 16.6. The second-order valence-electron chi connectivity index (χ2n) is 6.21. The Morgan fingerprint density at radius 2 is 1.63 bits per heavy atom. The number of nitrogens with zero attached hydrogens (tertiary/aromatic N) is 2. The van der Waals surface area contributed by atoms with E-state index in [0.717, 1.165) is 11.1 Å². The van der Waals surface area contributed by atoms with E-state index >= 15 is 0 Å². The summed E-state index contributed by atoms with van der Waals surface area (Å²) in [6.45, 7) is 0.295. The first-order valence-electron chi connectivity index (χ1n) is 8.99. The Kier molecular flexibility index (Phi) is 6.73. The quantitative estimate of drug-likeness (QED) is 0.347. The van der Waals surface area contributed by atoms with E-state index in [4.69, 9.17) is 9.47 Å². The van der Waals surface area contributed by atoms with E-state index in [0.29, 0.717) is 23.7 Å². The number of amides is 1. The summed E-state index contributed by atoms with van der Waals surface area (Å²) in [5, 5.41) is 14.6. The number of hydrogen-bond acceptors (Lipinski definition) is 6. The number of nitro groups is 1. The Labute approximate surface area is 172 Å². The number of carbonyl (C=O) groups excluding carboxylic acids is 1. The van der Waals surface area contributed by atoms with Gasteiger partial charge in [-0.15, -0.1) is 0 Å². The minimum atomic E-state index is -0.440. The minimum Gasteiger partial charge on any atom is -0.497 e. The average Bonchev–Trinajstić information content (AvgIpc) is 2.78. The fourth-order valence-corrected chi connectivity index (χ4v) is 2.50. The number of carbonyl (C=O) groups is 1. The van der Waals surface area contributed by atoms with E-state index in [-0.39, 0.29) is 11.6 Å². The molecule has 0 heterocycles. The van der Waals surface area contributed by atoms with Crippen LogP contribution in [0.2, 0.25) is 0 Å². The lowest BCUT2D eigenvalue weighted by molar-refractivity contribution is -0.384. The lowest BCUT2D eigenvalue weighted by Gasteiger charge is -2.06. The predicted octanol–water partition coefficient (Wildman–Crippen LogP) is 3.95. The van der Waals surface area contributed by atoms with Crippen molar-refractivity contribution >= 4 is 17.8 Å². The normalized spacial score (nSPS) is 10.6. The lowest BCUT2D eigenvalue weighted by Crippen LogP contribution is -2.17. The average molecular weight is 405 g/mol. The van der Waals surface area contributed by atoms with E-state index < -0.39 is 4.92 Å². The van der Waals surface area contributed by atoms with Crippen LogP contribution in [0.1, 0.15) is 21.5 Å². The molecule has 1 amide bonds. The molecule has 3 rings (SSSR count). The minimum absolute atomic E-state index is 0.0430. The third kappa shape index (κ3) is 5.65. The second kappa shape index (κ2) is 9.83. The molecule has 8 heteroatoms. The number of ether oxygens (including phenoxy) is 2. The fraction of sp³-hybridized carbons (Fsp3) is 0.0909. The van der Waals surface area contributed by atoms with Gasteiger partial charge in [-0.05, 0) is 71.8 Å². The van der Waals surface area contributed by atoms with Crippen LogP contribution in [0, 0.1) is 10.1 Å². The molecule has 3 aromatic rings. The Morgan fingerprint density at radius 3 is 2.23 bits per heavy atom. The van der Waals surface area contributed by atoms with E-state index in [9.17, 15) is 14.9 Å². The van der Waals surface area contributed by atoms with Gasteiger partial charge in [-0.1, -0.05) is 0 Å². The van der Waals surface area contributed by atoms with Gasteiger partial charge in [0.05, 0.1) is 18.2 Å². The van der Waals surface area contributed by atoms with Gasteiger partial charge in [-0.3, -0.25) is 14.9 Å². The molecule has 0 saturated carbocycles. The summed E-state index contributed by atoms with van der Waals surface area (Å²) in [6, 6.07) is 20.1. The summed E-state index contributed by atoms with van der Waals surface area (Å²) in [5.74, 6) is 0.996. The molecule has 0 radical (unpaired) electrons. The van der Waals surface area contributed by atoms with Gasteiger partial charge in [0.15, 0.2) is 0 Å². The monoisotopic (exact) mass is 405 g/mol. The molecule has 1 N–H and O–H groups in total. The van der Waals surface area contributed by atoms with Crippen LogP contribution in [-0.4, -0.2) is 24.2 Å². The van der Waals surface area contributed by atoms with Gasteiger partial charge < -0.3 is 9.47 Å². The molecule has 0 atom stereocenters. The largest absolute Gasteiger partial charge is 0.497 e. The SMILES string of the molecule is COc1ccc(C(=O)NN=Cc2ccc(OCc3ccc([N+](=O)[O-])cc3)cc2)cc1. The standard InChI is InChI=1S/C22H19N3O5/c1-29-20-12-6-18(7-13-20)22(26)24-23-14-16-4-10-21(11-5-16)30-15-17-2-8-19(9-3-17)25(27)28/h2-14H,15H2,1H3,(H,24,26). The van der Waals surface area contributed by atoms with Crippen molar-refractivity contribution in [3.05, 3.63) is 99.6 Å². The Bertz CT molecular complexity index is 1030. The van der Waals surface area contributed by atoms with Gasteiger partial charge in [0.1, 0.15) is 18.1 Å². The first-order valence-corrected chi connectivity index (χ1v) is 8.99. The summed E-state index contributed by atoms with van der Waals surface area (Å²) < 4.78 is 10.7. The first-order chi connectivity index (χ1) is 14.5. The third-order valence-electron chi connectivity index (χ3n) is 4.16. The summed E-state index contributed by atoms with van der Waals surface area (Å²) in [4.78, 5) is 22.3. The summed E-state index contributed by atoms with van der Waals surface area (Å²) in [7, 11) is 1.56. The smallest absolute Gasteiger partial charge is 0.271 e.